The molecule has 0 unspecified atom stereocenters. The van der Waals surface area contributed by atoms with Crippen LogP contribution in [0.2, 0.25) is 0 Å². The van der Waals surface area contributed by atoms with Crippen molar-refractivity contribution in [3.63, 3.8) is 0 Å². The number of thioether (sulfide) groups is 1. The molecule has 0 atom stereocenters. The van der Waals surface area contributed by atoms with Crippen molar-refractivity contribution < 1.29 is 17.9 Å². The van der Waals surface area contributed by atoms with Crippen LogP contribution in [0.4, 0.5) is 18.9 Å². The summed E-state index contributed by atoms with van der Waals surface area (Å²) in [5.74, 6) is 1.10. The summed E-state index contributed by atoms with van der Waals surface area (Å²) in [7, 11) is 0. The van der Waals surface area contributed by atoms with E-state index >= 15 is 0 Å². The molecule has 0 aliphatic rings. The number of nitrogens with two attached hydrogens (primary N) is 1. The first-order chi connectivity index (χ1) is 9.33. The summed E-state index contributed by atoms with van der Waals surface area (Å²) in [6.07, 6.45) is 0. The molecule has 0 heterocycles. The topological polar surface area (TPSA) is 35.2 Å². The molecule has 0 spiro atoms. The molecule has 0 radical (unpaired) electrons. The number of halogens is 3. The molecule has 0 aliphatic carbocycles. The van der Waals surface area contributed by atoms with E-state index in [1.54, 1.807) is 18.2 Å². The van der Waals surface area contributed by atoms with Crippen molar-refractivity contribution in [1.82, 2.24) is 0 Å². The van der Waals surface area contributed by atoms with Gasteiger partial charge in [-0.15, -0.1) is 0 Å². The Labute approximate surface area is 118 Å². The van der Waals surface area contributed by atoms with E-state index in [9.17, 15) is 13.2 Å². The highest BCUT2D eigenvalue weighted by Gasteiger charge is 2.29. The highest BCUT2D eigenvalue weighted by molar-refractivity contribution is 8.00. The molecule has 2 aromatic carbocycles. The summed E-state index contributed by atoms with van der Waals surface area (Å²) < 4.78 is 42.2. The minimum atomic E-state index is -4.28. The molecule has 0 aromatic heterocycles. The van der Waals surface area contributed by atoms with E-state index in [-0.39, 0.29) is 16.7 Å². The van der Waals surface area contributed by atoms with Crippen molar-refractivity contribution in [2.75, 3.05) is 5.73 Å². The van der Waals surface area contributed by atoms with Crippen LogP contribution in [-0.4, -0.2) is 5.51 Å². The third-order valence-electron chi connectivity index (χ3n) is 2.48. The largest absolute Gasteiger partial charge is 0.457 e. The maximum absolute atomic E-state index is 12.2. The Balaban J connectivity index is 2.11. The Morgan fingerprint density at radius 2 is 1.70 bits per heavy atom. The summed E-state index contributed by atoms with van der Waals surface area (Å²) >= 11 is -0.151. The summed E-state index contributed by atoms with van der Waals surface area (Å²) in [5.41, 5.74) is 2.84. The van der Waals surface area contributed by atoms with Gasteiger partial charge in [-0.1, -0.05) is 0 Å². The monoisotopic (exact) mass is 299 g/mol. The van der Waals surface area contributed by atoms with Gasteiger partial charge in [-0.2, -0.15) is 13.2 Å². The third-order valence-corrected chi connectivity index (χ3v) is 3.22. The molecule has 2 N–H and O–H groups in total. The van der Waals surface area contributed by atoms with Crippen LogP contribution < -0.4 is 10.5 Å². The minimum absolute atomic E-state index is 0.124. The van der Waals surface area contributed by atoms with Gasteiger partial charge >= 0.3 is 5.51 Å². The molecule has 0 saturated heterocycles. The normalized spacial score (nSPS) is 11.4. The van der Waals surface area contributed by atoms with Crippen LogP contribution in [0.1, 0.15) is 5.56 Å². The van der Waals surface area contributed by atoms with Crippen LogP contribution in [0.25, 0.3) is 0 Å². The maximum atomic E-state index is 12.2. The zero-order valence-corrected chi connectivity index (χ0v) is 11.4. The number of benzene rings is 2. The molecule has 0 fully saturated rings. The van der Waals surface area contributed by atoms with Gasteiger partial charge in [-0.3, -0.25) is 0 Å². The average Bonchev–Trinajstić information content (AvgIpc) is 2.33. The van der Waals surface area contributed by atoms with Crippen molar-refractivity contribution in [1.29, 1.82) is 0 Å². The lowest BCUT2D eigenvalue weighted by molar-refractivity contribution is -0.0328. The predicted molar refractivity (Wildman–Crippen MR) is 74.0 cm³/mol. The van der Waals surface area contributed by atoms with Crippen LogP contribution in [0.15, 0.2) is 47.4 Å². The van der Waals surface area contributed by atoms with Gasteiger partial charge in [0.1, 0.15) is 11.5 Å². The Hall–Kier alpha value is -1.82. The maximum Gasteiger partial charge on any atom is 0.446 e. The molecule has 20 heavy (non-hydrogen) atoms. The summed E-state index contributed by atoms with van der Waals surface area (Å²) in [6, 6.07) is 11.0. The Morgan fingerprint density at radius 1 is 1.05 bits per heavy atom. The SMILES string of the molecule is Cc1cc(N)ccc1Oc1ccc(SC(F)(F)F)cc1. The van der Waals surface area contributed by atoms with Gasteiger partial charge in [0.25, 0.3) is 0 Å². The van der Waals surface area contributed by atoms with Gasteiger partial charge < -0.3 is 10.5 Å². The van der Waals surface area contributed by atoms with Gasteiger partial charge in [-0.25, -0.2) is 0 Å². The lowest BCUT2D eigenvalue weighted by Crippen LogP contribution is -1.98. The van der Waals surface area contributed by atoms with Crippen molar-refractivity contribution in [3.05, 3.63) is 48.0 Å². The van der Waals surface area contributed by atoms with Crippen LogP contribution in [0.3, 0.4) is 0 Å². The van der Waals surface area contributed by atoms with E-state index in [0.29, 0.717) is 17.2 Å². The highest BCUT2D eigenvalue weighted by Crippen LogP contribution is 2.37. The first-order valence-corrected chi connectivity index (χ1v) is 6.55. The molecule has 6 heteroatoms. The van der Waals surface area contributed by atoms with Crippen molar-refractivity contribution >= 4 is 17.4 Å². The molecular formula is C14H12F3NOS. The van der Waals surface area contributed by atoms with E-state index < -0.39 is 5.51 Å². The fraction of sp³-hybridized carbons (Fsp3) is 0.143. The Bertz CT molecular complexity index is 596. The molecule has 2 nitrogen and oxygen atoms in total. The molecule has 2 rings (SSSR count). The standard InChI is InChI=1S/C14H12F3NOS/c1-9-8-10(18)2-7-13(9)19-11-3-5-12(6-4-11)20-14(15,16)17/h2-8H,18H2,1H3. The zero-order chi connectivity index (χ0) is 14.8. The van der Waals surface area contributed by atoms with Crippen LogP contribution in [0.5, 0.6) is 11.5 Å². The lowest BCUT2D eigenvalue weighted by Gasteiger charge is -2.10. The van der Waals surface area contributed by atoms with E-state index in [0.717, 1.165) is 5.56 Å². The van der Waals surface area contributed by atoms with E-state index in [1.165, 1.54) is 24.3 Å². The van der Waals surface area contributed by atoms with E-state index in [4.69, 9.17) is 10.5 Å². The van der Waals surface area contributed by atoms with Gasteiger partial charge in [0.2, 0.25) is 0 Å². The second kappa shape index (κ2) is 5.66. The molecule has 0 aliphatic heterocycles. The quantitative estimate of drug-likeness (QED) is 0.641. The number of aryl methyl sites for hydroxylation is 1. The van der Waals surface area contributed by atoms with Crippen LogP contribution >= 0.6 is 11.8 Å². The smallest absolute Gasteiger partial charge is 0.446 e. The lowest BCUT2D eigenvalue weighted by atomic mass is 10.2. The predicted octanol–water partition coefficient (Wildman–Crippen LogP) is 4.98. The second-order valence-electron chi connectivity index (χ2n) is 4.15. The first-order valence-electron chi connectivity index (χ1n) is 5.73. The van der Waals surface area contributed by atoms with E-state index in [2.05, 4.69) is 0 Å². The van der Waals surface area contributed by atoms with Gasteiger partial charge in [0.05, 0.1) is 0 Å². The number of alkyl halides is 3. The first kappa shape index (κ1) is 14.6. The Kier molecular flexibility index (Phi) is 4.13. The highest BCUT2D eigenvalue weighted by atomic mass is 32.2. The summed E-state index contributed by atoms with van der Waals surface area (Å²) in [5, 5.41) is 0. The van der Waals surface area contributed by atoms with Crippen LogP contribution in [-0.2, 0) is 0 Å². The number of ether oxygens (including phenoxy) is 1. The molecule has 0 amide bonds. The van der Waals surface area contributed by atoms with Gasteiger partial charge in [0.15, 0.2) is 0 Å². The molecular weight excluding hydrogens is 287 g/mol. The van der Waals surface area contributed by atoms with E-state index in [1.807, 2.05) is 6.92 Å². The average molecular weight is 299 g/mol. The molecule has 0 saturated carbocycles. The summed E-state index contributed by atoms with van der Waals surface area (Å²) in [6.45, 7) is 1.85. The number of anilines is 1. The zero-order valence-electron chi connectivity index (χ0n) is 10.6. The second-order valence-corrected chi connectivity index (χ2v) is 5.28. The molecule has 0 bridgehead atoms. The minimum Gasteiger partial charge on any atom is -0.457 e. The number of rotatable bonds is 3. The molecule has 2 aromatic rings. The van der Waals surface area contributed by atoms with Crippen molar-refractivity contribution in [3.8, 4) is 11.5 Å². The summed E-state index contributed by atoms with van der Waals surface area (Å²) in [4.78, 5) is 0.124. The van der Waals surface area contributed by atoms with Gasteiger partial charge in [0, 0.05) is 10.6 Å². The number of nitrogen functional groups attached to an aromatic ring is 1. The van der Waals surface area contributed by atoms with Crippen LogP contribution in [0, 0.1) is 6.92 Å². The number of hydrogen-bond acceptors (Lipinski definition) is 3. The fourth-order valence-electron chi connectivity index (χ4n) is 1.62. The van der Waals surface area contributed by atoms with Crippen molar-refractivity contribution in [2.24, 2.45) is 0 Å². The van der Waals surface area contributed by atoms with Crippen molar-refractivity contribution in [2.45, 2.75) is 17.3 Å². The Morgan fingerprint density at radius 3 is 2.25 bits per heavy atom. The van der Waals surface area contributed by atoms with Gasteiger partial charge in [-0.05, 0) is 66.7 Å². The fourth-order valence-corrected chi connectivity index (χ4v) is 2.16. The number of hydrogen-bond donors (Lipinski definition) is 1. The third kappa shape index (κ3) is 4.09. The molecule has 106 valence electrons.